The van der Waals surface area contributed by atoms with Gasteiger partial charge in [0.2, 0.25) is 0 Å². The Labute approximate surface area is 92.1 Å². The first-order valence-electron chi connectivity index (χ1n) is 4.92. The Balaban J connectivity index is 2.37. The summed E-state index contributed by atoms with van der Waals surface area (Å²) in [6.07, 6.45) is -6.93. The minimum absolute atomic E-state index is 0.109. The molecule has 90 valence electrons. The third-order valence-corrected chi connectivity index (χ3v) is 2.06. The van der Waals surface area contributed by atoms with Crippen molar-refractivity contribution in [3.63, 3.8) is 0 Å². The number of aliphatic hydroxyl groups is 1. The average molecular weight is 233 g/mol. The molecule has 2 N–H and O–H groups in total. The second kappa shape index (κ2) is 5.21. The predicted octanol–water partition coefficient (Wildman–Crippen LogP) is 2.72. The summed E-state index contributed by atoms with van der Waals surface area (Å²) in [5.41, 5.74) is 1.77. The summed E-state index contributed by atoms with van der Waals surface area (Å²) in [6.45, 7) is 1.81. The van der Waals surface area contributed by atoms with Crippen LogP contribution in [0, 0.1) is 6.92 Å². The van der Waals surface area contributed by atoms with Gasteiger partial charge in [-0.05, 0) is 19.1 Å². The van der Waals surface area contributed by atoms with E-state index in [-0.39, 0.29) is 6.54 Å². The van der Waals surface area contributed by atoms with Crippen LogP contribution >= 0.6 is 0 Å². The van der Waals surface area contributed by atoms with E-state index in [2.05, 4.69) is 5.32 Å². The van der Waals surface area contributed by atoms with Crippen LogP contribution < -0.4 is 5.32 Å². The van der Waals surface area contributed by atoms with Crippen LogP contribution in [0.3, 0.4) is 0 Å². The first-order valence-corrected chi connectivity index (χ1v) is 4.92. The molecule has 0 aliphatic rings. The first kappa shape index (κ1) is 12.8. The lowest BCUT2D eigenvalue weighted by Crippen LogP contribution is -2.26. The number of hydrogen-bond donors (Lipinski definition) is 2. The molecule has 1 unspecified atom stereocenters. The number of aliphatic hydroxyl groups excluding tert-OH is 1. The van der Waals surface area contributed by atoms with Gasteiger partial charge in [-0.1, -0.05) is 17.7 Å². The third kappa shape index (κ3) is 5.02. The molecular formula is C11H14F3NO. The number of alkyl halides is 3. The van der Waals surface area contributed by atoms with Gasteiger partial charge in [0.1, 0.15) is 0 Å². The summed E-state index contributed by atoms with van der Waals surface area (Å²) in [4.78, 5) is 0. The maximum Gasteiger partial charge on any atom is 0.391 e. The van der Waals surface area contributed by atoms with Crippen LogP contribution in [-0.2, 0) is 0 Å². The van der Waals surface area contributed by atoms with Crippen molar-refractivity contribution in [3.05, 3.63) is 29.8 Å². The SMILES string of the molecule is Cc1ccc(NCC(O)CC(F)(F)F)cc1. The average Bonchev–Trinajstić information content (AvgIpc) is 2.14. The molecule has 1 aromatic carbocycles. The van der Waals surface area contributed by atoms with Gasteiger partial charge in [0.15, 0.2) is 0 Å². The van der Waals surface area contributed by atoms with Gasteiger partial charge in [-0.25, -0.2) is 0 Å². The molecule has 1 atom stereocenters. The number of aryl methyl sites for hydroxylation is 1. The van der Waals surface area contributed by atoms with Gasteiger partial charge in [-0.2, -0.15) is 13.2 Å². The molecule has 1 aromatic rings. The summed E-state index contributed by atoms with van der Waals surface area (Å²) < 4.78 is 35.7. The fraction of sp³-hybridized carbons (Fsp3) is 0.455. The van der Waals surface area contributed by atoms with E-state index in [1.807, 2.05) is 19.1 Å². The molecule has 0 amide bonds. The van der Waals surface area contributed by atoms with Crippen LogP contribution in [0.15, 0.2) is 24.3 Å². The summed E-state index contributed by atoms with van der Waals surface area (Å²) in [5.74, 6) is 0. The minimum Gasteiger partial charge on any atom is -0.391 e. The summed E-state index contributed by atoms with van der Waals surface area (Å²) in [7, 11) is 0. The topological polar surface area (TPSA) is 32.3 Å². The van der Waals surface area contributed by atoms with Gasteiger partial charge in [-0.3, -0.25) is 0 Å². The fourth-order valence-corrected chi connectivity index (χ4v) is 1.25. The number of hydrogen-bond acceptors (Lipinski definition) is 2. The normalized spacial score (nSPS) is 13.6. The monoisotopic (exact) mass is 233 g/mol. The lowest BCUT2D eigenvalue weighted by Gasteiger charge is -2.14. The molecule has 0 fully saturated rings. The maximum absolute atomic E-state index is 11.9. The van der Waals surface area contributed by atoms with Crippen molar-refractivity contribution < 1.29 is 18.3 Å². The highest BCUT2D eigenvalue weighted by molar-refractivity contribution is 5.44. The van der Waals surface area contributed by atoms with E-state index in [0.717, 1.165) is 5.56 Å². The Morgan fingerprint density at radius 3 is 2.31 bits per heavy atom. The highest BCUT2D eigenvalue weighted by Crippen LogP contribution is 2.21. The highest BCUT2D eigenvalue weighted by atomic mass is 19.4. The zero-order valence-electron chi connectivity index (χ0n) is 8.88. The van der Waals surface area contributed by atoms with Crippen LogP contribution in [0.2, 0.25) is 0 Å². The van der Waals surface area contributed by atoms with E-state index in [9.17, 15) is 13.2 Å². The quantitative estimate of drug-likeness (QED) is 0.838. The molecule has 0 bridgehead atoms. The van der Waals surface area contributed by atoms with Crippen molar-refractivity contribution in [1.29, 1.82) is 0 Å². The molecule has 0 aliphatic heterocycles. The van der Waals surface area contributed by atoms with E-state index in [1.165, 1.54) is 0 Å². The molecular weight excluding hydrogens is 219 g/mol. The summed E-state index contributed by atoms with van der Waals surface area (Å²) in [6, 6.07) is 7.21. The van der Waals surface area contributed by atoms with Crippen LogP contribution in [0.1, 0.15) is 12.0 Å². The molecule has 5 heteroatoms. The smallest absolute Gasteiger partial charge is 0.391 e. The lowest BCUT2D eigenvalue weighted by atomic mass is 10.2. The van der Waals surface area contributed by atoms with Crippen molar-refractivity contribution >= 4 is 5.69 Å². The van der Waals surface area contributed by atoms with Crippen molar-refractivity contribution in [3.8, 4) is 0 Å². The number of anilines is 1. The highest BCUT2D eigenvalue weighted by Gasteiger charge is 2.30. The Bertz CT molecular complexity index is 321. The second-order valence-electron chi connectivity index (χ2n) is 3.72. The van der Waals surface area contributed by atoms with E-state index in [1.54, 1.807) is 12.1 Å². The van der Waals surface area contributed by atoms with Crippen LogP contribution in [0.25, 0.3) is 0 Å². The van der Waals surface area contributed by atoms with Gasteiger partial charge in [0.25, 0.3) is 0 Å². The van der Waals surface area contributed by atoms with Gasteiger partial charge in [0, 0.05) is 12.2 Å². The van der Waals surface area contributed by atoms with Crippen LogP contribution in [-0.4, -0.2) is 23.9 Å². The Kier molecular flexibility index (Phi) is 4.18. The predicted molar refractivity (Wildman–Crippen MR) is 56.3 cm³/mol. The summed E-state index contributed by atoms with van der Waals surface area (Å²) >= 11 is 0. The zero-order chi connectivity index (χ0) is 12.2. The number of nitrogens with one attached hydrogen (secondary N) is 1. The number of halogens is 3. The fourth-order valence-electron chi connectivity index (χ4n) is 1.25. The summed E-state index contributed by atoms with van der Waals surface area (Å²) in [5, 5.41) is 11.9. The van der Waals surface area contributed by atoms with Crippen molar-refractivity contribution in [2.45, 2.75) is 25.6 Å². The van der Waals surface area contributed by atoms with E-state index >= 15 is 0 Å². The Hall–Kier alpha value is -1.23. The first-order chi connectivity index (χ1) is 7.37. The van der Waals surface area contributed by atoms with Crippen LogP contribution in [0.5, 0.6) is 0 Å². The lowest BCUT2D eigenvalue weighted by molar-refractivity contribution is -0.151. The molecule has 16 heavy (non-hydrogen) atoms. The standard InChI is InChI=1S/C11H14F3NO/c1-8-2-4-9(5-3-8)15-7-10(16)6-11(12,13)14/h2-5,10,15-16H,6-7H2,1H3. The number of rotatable bonds is 4. The second-order valence-corrected chi connectivity index (χ2v) is 3.72. The molecule has 2 nitrogen and oxygen atoms in total. The molecule has 0 heterocycles. The molecule has 0 saturated heterocycles. The molecule has 0 spiro atoms. The molecule has 0 saturated carbocycles. The van der Waals surface area contributed by atoms with Gasteiger partial charge in [0.05, 0.1) is 12.5 Å². The van der Waals surface area contributed by atoms with E-state index in [0.29, 0.717) is 5.69 Å². The largest absolute Gasteiger partial charge is 0.391 e. The van der Waals surface area contributed by atoms with Crippen LogP contribution in [0.4, 0.5) is 18.9 Å². The van der Waals surface area contributed by atoms with Gasteiger partial charge in [-0.15, -0.1) is 0 Å². The minimum atomic E-state index is -4.33. The van der Waals surface area contributed by atoms with Crippen molar-refractivity contribution in [1.82, 2.24) is 0 Å². The van der Waals surface area contributed by atoms with Gasteiger partial charge < -0.3 is 10.4 Å². The van der Waals surface area contributed by atoms with Gasteiger partial charge >= 0.3 is 6.18 Å². The van der Waals surface area contributed by atoms with Crippen molar-refractivity contribution in [2.24, 2.45) is 0 Å². The van der Waals surface area contributed by atoms with Crippen molar-refractivity contribution in [2.75, 3.05) is 11.9 Å². The maximum atomic E-state index is 11.9. The molecule has 1 rings (SSSR count). The third-order valence-electron chi connectivity index (χ3n) is 2.06. The zero-order valence-corrected chi connectivity index (χ0v) is 8.88. The van der Waals surface area contributed by atoms with E-state index < -0.39 is 18.7 Å². The van der Waals surface area contributed by atoms with E-state index in [4.69, 9.17) is 5.11 Å². The molecule has 0 radical (unpaired) electrons. The number of benzene rings is 1. The Morgan fingerprint density at radius 2 is 1.81 bits per heavy atom. The molecule has 0 aliphatic carbocycles. The molecule has 0 aromatic heterocycles. The Morgan fingerprint density at radius 1 is 1.25 bits per heavy atom.